The van der Waals surface area contributed by atoms with Crippen molar-refractivity contribution in [3.8, 4) is 0 Å². The number of carbonyl (C=O) groups excluding carboxylic acids is 1. The van der Waals surface area contributed by atoms with Crippen molar-refractivity contribution in [1.29, 1.82) is 0 Å². The van der Waals surface area contributed by atoms with Gasteiger partial charge in [-0.15, -0.1) is 0 Å². The van der Waals surface area contributed by atoms with Gasteiger partial charge in [0.15, 0.2) is 0 Å². The summed E-state index contributed by atoms with van der Waals surface area (Å²) in [5.41, 5.74) is 2.91. The van der Waals surface area contributed by atoms with E-state index in [1.807, 2.05) is 37.3 Å². The Morgan fingerprint density at radius 2 is 1.69 bits per heavy atom. The molecule has 2 aromatic rings. The minimum Gasteiger partial charge on any atom is -0.445 e. The van der Waals surface area contributed by atoms with Gasteiger partial charge in [-0.05, 0) is 49.7 Å². The molecule has 6 heteroatoms. The van der Waals surface area contributed by atoms with Gasteiger partial charge in [-0.2, -0.15) is 0 Å². The molecule has 2 aliphatic rings. The van der Waals surface area contributed by atoms with E-state index in [1.54, 1.807) is 4.90 Å². The highest BCUT2D eigenvalue weighted by Crippen LogP contribution is 2.34. The topological polar surface area (TPSA) is 71.4 Å². The Bertz CT molecular complexity index is 895. The summed E-state index contributed by atoms with van der Waals surface area (Å²) in [6.45, 7) is 2.48. The first-order valence-corrected chi connectivity index (χ1v) is 11.5. The fourth-order valence-electron chi connectivity index (χ4n) is 4.91. The fraction of sp³-hybridized carbons (Fsp3) is 0.462. The highest BCUT2D eigenvalue weighted by molar-refractivity contribution is 5.95. The number of hydrogen-bond acceptors (Lipinski definition) is 5. The molecule has 0 unspecified atom stereocenters. The van der Waals surface area contributed by atoms with Crippen molar-refractivity contribution in [2.24, 2.45) is 5.16 Å². The second kappa shape index (κ2) is 10.6. The quantitative estimate of drug-likeness (QED) is 0.489. The van der Waals surface area contributed by atoms with Crippen molar-refractivity contribution in [3.05, 3.63) is 71.8 Å². The summed E-state index contributed by atoms with van der Waals surface area (Å²) >= 11 is 0. The first-order chi connectivity index (χ1) is 15.7. The van der Waals surface area contributed by atoms with Crippen LogP contribution >= 0.6 is 0 Å². The van der Waals surface area contributed by atoms with Crippen LogP contribution in [0.2, 0.25) is 0 Å². The molecule has 2 atom stereocenters. The number of likely N-dealkylation sites (tertiary alicyclic amines) is 1. The summed E-state index contributed by atoms with van der Waals surface area (Å²) < 4.78 is 11.8. The summed E-state index contributed by atoms with van der Waals surface area (Å²) in [5.74, 6) is 0.585. The molecule has 1 saturated carbocycles. The molecule has 6 nitrogen and oxygen atoms in total. The van der Waals surface area contributed by atoms with E-state index in [2.05, 4.69) is 35.5 Å². The predicted octanol–water partition coefficient (Wildman–Crippen LogP) is 5.36. The number of amides is 1. The average molecular weight is 437 g/mol. The average Bonchev–Trinajstić information content (AvgIpc) is 3.18. The molecule has 1 amide bonds. The van der Waals surface area contributed by atoms with E-state index in [-0.39, 0.29) is 18.8 Å². The van der Waals surface area contributed by atoms with Gasteiger partial charge in [-0.3, -0.25) is 4.90 Å². The molecular formula is C26H32N2O4. The van der Waals surface area contributed by atoms with Crippen LogP contribution in [0.1, 0.15) is 56.1 Å². The number of carbonyl (C=O) groups is 1. The van der Waals surface area contributed by atoms with E-state index < -0.39 is 12.1 Å². The second-order valence-electron chi connectivity index (χ2n) is 8.83. The third kappa shape index (κ3) is 5.30. The largest absolute Gasteiger partial charge is 0.445 e. The van der Waals surface area contributed by atoms with E-state index in [0.29, 0.717) is 24.7 Å². The van der Waals surface area contributed by atoms with Crippen molar-refractivity contribution in [1.82, 2.24) is 4.90 Å². The molecule has 0 aromatic heterocycles. The smallest absolute Gasteiger partial charge is 0.410 e. The zero-order valence-corrected chi connectivity index (χ0v) is 18.6. The second-order valence-corrected chi connectivity index (χ2v) is 8.83. The van der Waals surface area contributed by atoms with Crippen molar-refractivity contribution in [2.75, 3.05) is 6.61 Å². The maximum atomic E-state index is 12.9. The number of benzene rings is 2. The van der Waals surface area contributed by atoms with Gasteiger partial charge < -0.3 is 14.7 Å². The Morgan fingerprint density at radius 3 is 2.34 bits per heavy atom. The SMILES string of the molecule is C[C@@H]1C/C(=N\O)[C@H](COC2CCC(c3ccccc3)CC2)N1C(=O)OCc1ccccc1. The van der Waals surface area contributed by atoms with Crippen LogP contribution in [0.15, 0.2) is 65.8 Å². The van der Waals surface area contributed by atoms with Crippen molar-refractivity contribution in [2.45, 2.75) is 69.7 Å². The summed E-state index contributed by atoms with van der Waals surface area (Å²) in [5, 5.41) is 13.0. The van der Waals surface area contributed by atoms with E-state index >= 15 is 0 Å². The maximum Gasteiger partial charge on any atom is 0.410 e. The molecule has 2 aromatic carbocycles. The molecule has 1 aliphatic carbocycles. The molecule has 32 heavy (non-hydrogen) atoms. The molecule has 1 N–H and O–H groups in total. The molecule has 2 fully saturated rings. The van der Waals surface area contributed by atoms with E-state index in [1.165, 1.54) is 5.56 Å². The van der Waals surface area contributed by atoms with E-state index in [9.17, 15) is 10.0 Å². The van der Waals surface area contributed by atoms with Crippen LogP contribution in [0.5, 0.6) is 0 Å². The van der Waals surface area contributed by atoms with Crippen LogP contribution in [0.4, 0.5) is 4.79 Å². The summed E-state index contributed by atoms with van der Waals surface area (Å²) in [6, 6.07) is 19.8. The molecule has 170 valence electrons. The van der Waals surface area contributed by atoms with Crippen LogP contribution in [-0.4, -0.2) is 46.7 Å². The van der Waals surface area contributed by atoms with Gasteiger partial charge in [0.25, 0.3) is 0 Å². The molecule has 0 radical (unpaired) electrons. The summed E-state index contributed by atoms with van der Waals surface area (Å²) in [7, 11) is 0. The number of ether oxygens (including phenoxy) is 2. The predicted molar refractivity (Wildman–Crippen MR) is 123 cm³/mol. The molecule has 1 saturated heterocycles. The number of hydrogen-bond donors (Lipinski definition) is 1. The van der Waals surface area contributed by atoms with Crippen molar-refractivity contribution < 1.29 is 19.5 Å². The third-order valence-corrected chi connectivity index (χ3v) is 6.68. The number of oxime groups is 1. The van der Waals surface area contributed by atoms with Crippen molar-refractivity contribution >= 4 is 11.8 Å². The molecule has 1 aliphatic heterocycles. The minimum absolute atomic E-state index is 0.105. The van der Waals surface area contributed by atoms with Gasteiger partial charge in [0.05, 0.1) is 18.4 Å². The monoisotopic (exact) mass is 436 g/mol. The van der Waals surface area contributed by atoms with Gasteiger partial charge in [0, 0.05) is 12.5 Å². The van der Waals surface area contributed by atoms with Crippen LogP contribution in [0.25, 0.3) is 0 Å². The third-order valence-electron chi connectivity index (χ3n) is 6.68. The summed E-state index contributed by atoms with van der Waals surface area (Å²) in [4.78, 5) is 14.5. The highest BCUT2D eigenvalue weighted by atomic mass is 16.6. The molecular weight excluding hydrogens is 404 g/mol. The summed E-state index contributed by atoms with van der Waals surface area (Å²) in [6.07, 6.45) is 4.46. The van der Waals surface area contributed by atoms with Crippen LogP contribution in [0.3, 0.4) is 0 Å². The van der Waals surface area contributed by atoms with Crippen molar-refractivity contribution in [3.63, 3.8) is 0 Å². The van der Waals surface area contributed by atoms with Gasteiger partial charge in [-0.1, -0.05) is 65.8 Å². The lowest BCUT2D eigenvalue weighted by Gasteiger charge is -2.32. The Labute approximate surface area is 189 Å². The first kappa shape index (κ1) is 22.3. The van der Waals surface area contributed by atoms with Gasteiger partial charge in [0.2, 0.25) is 0 Å². The van der Waals surface area contributed by atoms with Crippen LogP contribution < -0.4 is 0 Å². The maximum absolute atomic E-state index is 12.9. The lowest BCUT2D eigenvalue weighted by atomic mass is 9.83. The van der Waals surface area contributed by atoms with Crippen LogP contribution in [-0.2, 0) is 16.1 Å². The molecule has 0 spiro atoms. The highest BCUT2D eigenvalue weighted by Gasteiger charge is 2.41. The molecule has 0 bridgehead atoms. The Kier molecular flexibility index (Phi) is 7.43. The zero-order chi connectivity index (χ0) is 22.3. The number of rotatable bonds is 6. The first-order valence-electron chi connectivity index (χ1n) is 11.5. The Hall–Kier alpha value is -2.86. The molecule has 4 rings (SSSR count). The zero-order valence-electron chi connectivity index (χ0n) is 18.6. The van der Waals surface area contributed by atoms with Crippen LogP contribution in [0, 0.1) is 0 Å². The normalized spacial score (nSPS) is 26.9. The van der Waals surface area contributed by atoms with Gasteiger partial charge in [0.1, 0.15) is 12.6 Å². The lowest BCUT2D eigenvalue weighted by Crippen LogP contribution is -2.45. The lowest BCUT2D eigenvalue weighted by molar-refractivity contribution is -0.000301. The Balaban J connectivity index is 1.32. The standard InChI is InChI=1S/C26H32N2O4/c1-19-16-24(27-30)25(28(19)26(29)32-17-20-8-4-2-5-9-20)18-31-23-14-12-22(13-15-23)21-10-6-3-7-11-21/h2-11,19,22-23,25,30H,12-18H2,1H3/b27-24+/t19-,22?,23?,25+/m1/s1. The minimum atomic E-state index is -0.401. The van der Waals surface area contributed by atoms with E-state index in [4.69, 9.17) is 9.47 Å². The van der Waals surface area contributed by atoms with Gasteiger partial charge >= 0.3 is 6.09 Å². The van der Waals surface area contributed by atoms with E-state index in [0.717, 1.165) is 31.2 Å². The molecule has 1 heterocycles. The fourth-order valence-corrected chi connectivity index (χ4v) is 4.91. The Morgan fingerprint density at radius 1 is 1.03 bits per heavy atom. The van der Waals surface area contributed by atoms with Gasteiger partial charge in [-0.25, -0.2) is 4.79 Å². The number of nitrogens with zero attached hydrogens (tertiary/aromatic N) is 2.